The molecule has 370 valence electrons. The van der Waals surface area contributed by atoms with Crippen molar-refractivity contribution in [2.45, 2.75) is 98.7 Å². The number of β-amino-alcohol motifs (C(OH)–C–C–N with tert-alkyl or cyclic N) is 1. The molecule has 1 aromatic heterocycles. The van der Waals surface area contributed by atoms with Gasteiger partial charge in [0.05, 0.1) is 67.8 Å². The third kappa shape index (κ3) is 14.1. The van der Waals surface area contributed by atoms with Crippen LogP contribution in [0.5, 0.6) is 11.5 Å². The highest BCUT2D eigenvalue weighted by atomic mass is 32.1. The molecule has 0 bridgehead atoms. The summed E-state index contributed by atoms with van der Waals surface area (Å²) in [6.07, 6.45) is -1.43. The lowest BCUT2D eigenvalue weighted by Gasteiger charge is -2.35. The Hall–Kier alpha value is -5.90. The molecule has 4 aromatic rings. The van der Waals surface area contributed by atoms with Gasteiger partial charge in [-0.1, -0.05) is 77.1 Å². The molecule has 69 heavy (non-hydrogen) atoms. The summed E-state index contributed by atoms with van der Waals surface area (Å²) in [6.45, 7) is 24.9. The summed E-state index contributed by atoms with van der Waals surface area (Å²) in [6, 6.07) is 18.5. The standard InChI is InChI=1S/C52H66N6O10S/c1-33-26-41(18-19-42(33)53-9)68-47-50(63)57(31-52(47,7)8)28-36-10-16-40(17-11-36)67-25-24-65-21-20-64-22-23-66-30-44(60)56-46(51(4,5)6)49(62)58-29-39(59)27-43(58)48(61)55-34(2)37-12-14-38(15-13-37)45-35(3)54-32-69-45/h10-19,26,32,34,39,43,46-47,59H,20-25,27-31H2,1-8H3,(H,55,61)(H,56,60)/t34-,39+,43-,46+,47-/m0/s1. The lowest BCUT2D eigenvalue weighted by molar-refractivity contribution is -0.144. The van der Waals surface area contributed by atoms with Crippen molar-refractivity contribution in [3.63, 3.8) is 0 Å². The number of thiazole rings is 1. The first kappa shape index (κ1) is 52.5. The molecular weight excluding hydrogens is 901 g/mol. The van der Waals surface area contributed by atoms with Crippen molar-refractivity contribution >= 4 is 40.7 Å². The van der Waals surface area contributed by atoms with E-state index < -0.39 is 46.9 Å². The van der Waals surface area contributed by atoms with E-state index in [4.69, 9.17) is 30.3 Å². The van der Waals surface area contributed by atoms with Crippen LogP contribution in [0.15, 0.2) is 72.2 Å². The number of aliphatic hydroxyl groups is 1. The molecule has 5 atom stereocenters. The van der Waals surface area contributed by atoms with Crippen molar-refractivity contribution in [3.05, 3.63) is 106 Å². The van der Waals surface area contributed by atoms with Gasteiger partial charge in [0.1, 0.15) is 36.8 Å². The second-order valence-corrected chi connectivity index (χ2v) is 20.2. The number of likely N-dealkylation sites (tertiary alicyclic amines) is 2. The SMILES string of the molecule is [C-]#[N+]c1ccc(O[C@H]2C(=O)N(Cc3ccc(OCCOCCOCCOCC(=O)N[C@H](C(=O)N4C[C@H](O)C[C@H]4C(=O)N[C@@H](C)c4ccc(-c5scnc5C)cc4)C(C)(C)C)cc3)CC2(C)C)cc1C. The largest absolute Gasteiger partial charge is 0.491 e. The van der Waals surface area contributed by atoms with Crippen LogP contribution in [-0.4, -0.2) is 127 Å². The third-order valence-corrected chi connectivity index (χ3v) is 13.2. The van der Waals surface area contributed by atoms with Gasteiger partial charge in [-0.2, -0.15) is 0 Å². The Morgan fingerprint density at radius 1 is 0.928 bits per heavy atom. The van der Waals surface area contributed by atoms with E-state index in [-0.39, 0.29) is 50.6 Å². The monoisotopic (exact) mass is 966 g/mol. The average Bonchev–Trinajstić information content (AvgIpc) is 3.98. The fourth-order valence-corrected chi connectivity index (χ4v) is 9.22. The highest BCUT2D eigenvalue weighted by Crippen LogP contribution is 2.36. The molecule has 0 aliphatic carbocycles. The van der Waals surface area contributed by atoms with Gasteiger partial charge in [-0.15, -0.1) is 11.3 Å². The van der Waals surface area contributed by atoms with E-state index in [9.17, 15) is 24.3 Å². The van der Waals surface area contributed by atoms with Crippen LogP contribution >= 0.6 is 11.3 Å². The molecule has 0 spiro atoms. The highest BCUT2D eigenvalue weighted by molar-refractivity contribution is 7.13. The minimum Gasteiger partial charge on any atom is -0.491 e. The van der Waals surface area contributed by atoms with Gasteiger partial charge in [0.15, 0.2) is 11.8 Å². The Bertz CT molecular complexity index is 2430. The van der Waals surface area contributed by atoms with Crippen LogP contribution in [0.4, 0.5) is 5.69 Å². The summed E-state index contributed by atoms with van der Waals surface area (Å²) in [7, 11) is 0. The van der Waals surface area contributed by atoms with E-state index in [0.717, 1.165) is 32.8 Å². The molecule has 3 heterocycles. The average molecular weight is 967 g/mol. The lowest BCUT2D eigenvalue weighted by atomic mass is 9.85. The number of carbonyl (C=O) groups is 4. The van der Waals surface area contributed by atoms with Crippen molar-refractivity contribution in [3.8, 4) is 21.9 Å². The normalized spacial score (nSPS) is 18.7. The van der Waals surface area contributed by atoms with Crippen molar-refractivity contribution in [2.24, 2.45) is 10.8 Å². The Kier molecular flexibility index (Phi) is 18.0. The summed E-state index contributed by atoms with van der Waals surface area (Å²) >= 11 is 1.57. The van der Waals surface area contributed by atoms with Gasteiger partial charge in [-0.05, 0) is 72.7 Å². The van der Waals surface area contributed by atoms with Gasteiger partial charge in [0.25, 0.3) is 5.91 Å². The number of hydrogen-bond acceptors (Lipinski definition) is 12. The van der Waals surface area contributed by atoms with Crippen LogP contribution in [0.1, 0.15) is 76.4 Å². The van der Waals surface area contributed by atoms with Crippen molar-refractivity contribution in [1.82, 2.24) is 25.4 Å². The molecule has 16 nitrogen and oxygen atoms in total. The number of ether oxygens (including phenoxy) is 5. The predicted octanol–water partition coefficient (Wildman–Crippen LogP) is 6.59. The number of carbonyl (C=O) groups excluding carboxylic acids is 4. The van der Waals surface area contributed by atoms with Crippen LogP contribution in [0.3, 0.4) is 0 Å². The van der Waals surface area contributed by atoms with Gasteiger partial charge < -0.3 is 49.2 Å². The molecule has 0 saturated carbocycles. The number of nitrogens with zero attached hydrogens (tertiary/aromatic N) is 4. The number of aromatic nitrogens is 1. The molecule has 2 fully saturated rings. The first-order chi connectivity index (χ1) is 32.8. The Balaban J connectivity index is 0.838. The zero-order valence-corrected chi connectivity index (χ0v) is 41.7. The molecule has 0 unspecified atom stereocenters. The summed E-state index contributed by atoms with van der Waals surface area (Å²) in [5, 5.41) is 16.4. The van der Waals surface area contributed by atoms with Crippen LogP contribution in [0.2, 0.25) is 0 Å². The number of aliphatic hydroxyl groups excluding tert-OH is 1. The molecule has 3 N–H and O–H groups in total. The van der Waals surface area contributed by atoms with Crippen LogP contribution in [0, 0.1) is 31.2 Å². The van der Waals surface area contributed by atoms with Crippen LogP contribution in [0.25, 0.3) is 15.3 Å². The second kappa shape index (κ2) is 23.6. The molecule has 0 radical (unpaired) electrons. The van der Waals surface area contributed by atoms with E-state index in [2.05, 4.69) is 20.5 Å². The van der Waals surface area contributed by atoms with Crippen molar-refractivity contribution < 1.29 is 48.0 Å². The van der Waals surface area contributed by atoms with Gasteiger partial charge in [-0.25, -0.2) is 9.83 Å². The molecule has 6 rings (SSSR count). The predicted molar refractivity (Wildman–Crippen MR) is 262 cm³/mol. The van der Waals surface area contributed by atoms with Crippen LogP contribution < -0.4 is 20.1 Å². The summed E-state index contributed by atoms with van der Waals surface area (Å²) < 4.78 is 28.8. The second-order valence-electron chi connectivity index (χ2n) is 19.4. The number of aryl methyl sites for hydroxylation is 2. The molecule has 2 aliphatic heterocycles. The summed E-state index contributed by atoms with van der Waals surface area (Å²) in [5.74, 6) is -0.141. The highest BCUT2D eigenvalue weighted by Gasteiger charge is 2.48. The van der Waals surface area contributed by atoms with E-state index in [1.165, 1.54) is 4.90 Å². The Morgan fingerprint density at radius 2 is 1.58 bits per heavy atom. The quantitative estimate of drug-likeness (QED) is 0.0571. The molecule has 4 amide bonds. The number of benzene rings is 3. The first-order valence-electron chi connectivity index (χ1n) is 23.3. The maximum absolute atomic E-state index is 14.0. The van der Waals surface area contributed by atoms with E-state index >= 15 is 0 Å². The molecular formula is C52H66N6O10S. The molecule has 3 aromatic carbocycles. The van der Waals surface area contributed by atoms with Crippen molar-refractivity contribution in [2.75, 3.05) is 59.3 Å². The number of amides is 4. The number of rotatable bonds is 22. The van der Waals surface area contributed by atoms with Gasteiger partial charge in [0, 0.05) is 31.5 Å². The fourth-order valence-electron chi connectivity index (χ4n) is 8.41. The Morgan fingerprint density at radius 3 is 2.20 bits per heavy atom. The van der Waals surface area contributed by atoms with E-state index in [0.29, 0.717) is 56.7 Å². The minimum absolute atomic E-state index is 0.0268. The van der Waals surface area contributed by atoms with Crippen molar-refractivity contribution in [1.29, 1.82) is 0 Å². The summed E-state index contributed by atoms with van der Waals surface area (Å²) in [5.41, 5.74) is 5.93. The summed E-state index contributed by atoms with van der Waals surface area (Å²) in [4.78, 5) is 66.2. The molecule has 2 saturated heterocycles. The van der Waals surface area contributed by atoms with E-state index in [1.54, 1.807) is 29.5 Å². The smallest absolute Gasteiger partial charge is 0.264 e. The Labute approximate surface area is 409 Å². The van der Waals surface area contributed by atoms with Gasteiger partial charge in [0.2, 0.25) is 17.7 Å². The zero-order chi connectivity index (χ0) is 49.9. The molecule has 17 heteroatoms. The number of hydrogen-bond donors (Lipinski definition) is 3. The first-order valence-corrected chi connectivity index (χ1v) is 24.2. The van der Waals surface area contributed by atoms with Gasteiger partial charge >= 0.3 is 0 Å². The maximum Gasteiger partial charge on any atom is 0.264 e. The van der Waals surface area contributed by atoms with Crippen LogP contribution in [-0.2, 0) is 39.9 Å². The lowest BCUT2D eigenvalue weighted by Crippen LogP contribution is -2.58. The number of nitrogens with one attached hydrogen (secondary N) is 2. The zero-order valence-electron chi connectivity index (χ0n) is 40.9. The van der Waals surface area contributed by atoms with Gasteiger partial charge in [-0.3, -0.25) is 19.2 Å². The fraction of sp³-hybridized carbons (Fsp3) is 0.500. The maximum atomic E-state index is 14.0. The third-order valence-electron chi connectivity index (χ3n) is 12.2. The molecule has 2 aliphatic rings. The van der Waals surface area contributed by atoms with E-state index in [1.807, 2.05) is 114 Å². The minimum atomic E-state index is -0.978. The topological polar surface area (TPSA) is 182 Å².